The monoisotopic (exact) mass is 289 g/mol. The molecule has 1 aliphatic heterocycles. The first-order valence-corrected chi connectivity index (χ1v) is 7.11. The fourth-order valence-electron chi connectivity index (χ4n) is 2.59. The normalized spacial score (nSPS) is 18.7. The molecule has 0 spiro atoms. The van der Waals surface area contributed by atoms with Gasteiger partial charge in [0.15, 0.2) is 0 Å². The maximum absolute atomic E-state index is 12.4. The second-order valence-electron chi connectivity index (χ2n) is 5.18. The van der Waals surface area contributed by atoms with Crippen molar-refractivity contribution in [2.24, 2.45) is 11.7 Å². The van der Waals surface area contributed by atoms with Gasteiger partial charge in [0.1, 0.15) is 5.69 Å². The first kappa shape index (κ1) is 13.3. The van der Waals surface area contributed by atoms with Crippen LogP contribution >= 0.6 is 11.6 Å². The van der Waals surface area contributed by atoms with Crippen LogP contribution in [0.3, 0.4) is 0 Å². The van der Waals surface area contributed by atoms with Crippen molar-refractivity contribution in [3.05, 3.63) is 41.0 Å². The lowest BCUT2D eigenvalue weighted by atomic mass is 10.1. The number of pyridine rings is 1. The summed E-state index contributed by atoms with van der Waals surface area (Å²) in [5, 5.41) is 1.61. The number of carbonyl (C=O) groups excluding carboxylic acids is 1. The Labute approximate surface area is 122 Å². The van der Waals surface area contributed by atoms with Gasteiger partial charge in [0.2, 0.25) is 0 Å². The number of likely N-dealkylation sites (tertiary alicyclic amines) is 1. The van der Waals surface area contributed by atoms with Crippen LogP contribution < -0.4 is 5.73 Å². The van der Waals surface area contributed by atoms with E-state index in [2.05, 4.69) is 4.98 Å². The maximum Gasteiger partial charge on any atom is 0.272 e. The zero-order chi connectivity index (χ0) is 14.1. The van der Waals surface area contributed by atoms with Crippen molar-refractivity contribution >= 4 is 28.4 Å². The minimum atomic E-state index is -0.0159. The van der Waals surface area contributed by atoms with Gasteiger partial charge in [-0.25, -0.2) is 4.98 Å². The zero-order valence-corrected chi connectivity index (χ0v) is 11.8. The fraction of sp³-hybridized carbons (Fsp3) is 0.333. The van der Waals surface area contributed by atoms with E-state index in [1.54, 1.807) is 12.1 Å². The number of halogens is 1. The molecule has 1 aromatic carbocycles. The number of carbonyl (C=O) groups is 1. The number of amides is 1. The van der Waals surface area contributed by atoms with E-state index in [4.69, 9.17) is 17.3 Å². The second-order valence-corrected chi connectivity index (χ2v) is 5.61. The van der Waals surface area contributed by atoms with Crippen LogP contribution in [0, 0.1) is 5.92 Å². The molecule has 1 aliphatic rings. The Hall–Kier alpha value is -1.65. The summed E-state index contributed by atoms with van der Waals surface area (Å²) in [7, 11) is 0. The first-order chi connectivity index (χ1) is 9.67. The SMILES string of the molecule is NCC1CCN(C(=O)c2ccc3cc(Cl)ccc3n2)C1. The topological polar surface area (TPSA) is 59.2 Å². The summed E-state index contributed by atoms with van der Waals surface area (Å²) >= 11 is 5.94. The van der Waals surface area contributed by atoms with E-state index < -0.39 is 0 Å². The molecule has 1 aromatic heterocycles. The highest BCUT2D eigenvalue weighted by molar-refractivity contribution is 6.31. The summed E-state index contributed by atoms with van der Waals surface area (Å²) in [4.78, 5) is 18.7. The van der Waals surface area contributed by atoms with Crippen LogP contribution in [0.15, 0.2) is 30.3 Å². The lowest BCUT2D eigenvalue weighted by molar-refractivity contribution is 0.0782. The molecule has 0 bridgehead atoms. The van der Waals surface area contributed by atoms with E-state index >= 15 is 0 Å². The average Bonchev–Trinajstić information content (AvgIpc) is 2.95. The Morgan fingerprint density at radius 1 is 1.40 bits per heavy atom. The molecule has 1 fully saturated rings. The van der Waals surface area contributed by atoms with Crippen LogP contribution in [-0.2, 0) is 0 Å². The molecule has 104 valence electrons. The maximum atomic E-state index is 12.4. The molecule has 0 radical (unpaired) electrons. The number of benzene rings is 1. The van der Waals surface area contributed by atoms with Crippen LogP contribution in [0.4, 0.5) is 0 Å². The highest BCUT2D eigenvalue weighted by atomic mass is 35.5. The minimum Gasteiger partial charge on any atom is -0.337 e. The Morgan fingerprint density at radius 3 is 3.00 bits per heavy atom. The van der Waals surface area contributed by atoms with Gasteiger partial charge in [-0.1, -0.05) is 17.7 Å². The van der Waals surface area contributed by atoms with Gasteiger partial charge < -0.3 is 10.6 Å². The first-order valence-electron chi connectivity index (χ1n) is 6.73. The Kier molecular flexibility index (Phi) is 3.59. The number of fused-ring (bicyclic) bond motifs is 1. The van der Waals surface area contributed by atoms with Crippen LogP contribution in [0.5, 0.6) is 0 Å². The van der Waals surface area contributed by atoms with Gasteiger partial charge in [0.25, 0.3) is 5.91 Å². The molecule has 2 N–H and O–H groups in total. The predicted octanol–water partition coefficient (Wildman–Crippen LogP) is 2.31. The Bertz CT molecular complexity index is 659. The summed E-state index contributed by atoms with van der Waals surface area (Å²) in [6.45, 7) is 2.13. The molecule has 2 heterocycles. The molecule has 0 aliphatic carbocycles. The van der Waals surface area contributed by atoms with E-state index in [9.17, 15) is 4.79 Å². The van der Waals surface area contributed by atoms with Crippen molar-refractivity contribution in [1.82, 2.24) is 9.88 Å². The minimum absolute atomic E-state index is 0.0159. The molecular formula is C15H16ClN3O. The second kappa shape index (κ2) is 5.38. The number of aromatic nitrogens is 1. The Morgan fingerprint density at radius 2 is 2.25 bits per heavy atom. The number of rotatable bonds is 2. The van der Waals surface area contributed by atoms with E-state index in [1.807, 2.05) is 23.1 Å². The van der Waals surface area contributed by atoms with Crippen LogP contribution in [0.25, 0.3) is 10.9 Å². The Balaban J connectivity index is 1.87. The van der Waals surface area contributed by atoms with E-state index in [0.29, 0.717) is 23.2 Å². The number of hydrogen-bond acceptors (Lipinski definition) is 3. The third kappa shape index (κ3) is 2.49. The van der Waals surface area contributed by atoms with E-state index in [-0.39, 0.29) is 5.91 Å². The van der Waals surface area contributed by atoms with Gasteiger partial charge in [-0.2, -0.15) is 0 Å². The van der Waals surface area contributed by atoms with Crippen molar-refractivity contribution in [2.45, 2.75) is 6.42 Å². The van der Waals surface area contributed by atoms with Crippen LogP contribution in [0.1, 0.15) is 16.9 Å². The molecule has 0 saturated carbocycles. The molecule has 1 atom stereocenters. The van der Waals surface area contributed by atoms with Gasteiger partial charge in [0.05, 0.1) is 5.52 Å². The van der Waals surface area contributed by atoms with E-state index in [0.717, 1.165) is 30.4 Å². The molecule has 20 heavy (non-hydrogen) atoms. The summed E-state index contributed by atoms with van der Waals surface area (Å²) in [5.41, 5.74) is 6.93. The number of hydrogen-bond donors (Lipinski definition) is 1. The molecule has 5 heteroatoms. The smallest absolute Gasteiger partial charge is 0.272 e. The lowest BCUT2D eigenvalue weighted by Crippen LogP contribution is -2.30. The van der Waals surface area contributed by atoms with Crippen molar-refractivity contribution in [1.29, 1.82) is 0 Å². The molecule has 4 nitrogen and oxygen atoms in total. The molecule has 1 amide bonds. The van der Waals surface area contributed by atoms with Gasteiger partial charge in [-0.05, 0) is 43.1 Å². The van der Waals surface area contributed by atoms with Crippen molar-refractivity contribution < 1.29 is 4.79 Å². The number of nitrogens with two attached hydrogens (primary N) is 1. The van der Waals surface area contributed by atoms with Crippen molar-refractivity contribution in [3.8, 4) is 0 Å². The zero-order valence-electron chi connectivity index (χ0n) is 11.1. The largest absolute Gasteiger partial charge is 0.337 e. The molecule has 2 aromatic rings. The van der Waals surface area contributed by atoms with Gasteiger partial charge >= 0.3 is 0 Å². The van der Waals surface area contributed by atoms with Crippen LogP contribution in [-0.4, -0.2) is 35.4 Å². The fourth-order valence-corrected chi connectivity index (χ4v) is 2.77. The highest BCUT2D eigenvalue weighted by Gasteiger charge is 2.26. The predicted molar refractivity (Wildman–Crippen MR) is 79.8 cm³/mol. The van der Waals surface area contributed by atoms with Gasteiger partial charge in [-0.3, -0.25) is 4.79 Å². The molecule has 1 unspecified atom stereocenters. The van der Waals surface area contributed by atoms with Gasteiger partial charge in [-0.15, -0.1) is 0 Å². The lowest BCUT2D eigenvalue weighted by Gasteiger charge is -2.15. The van der Waals surface area contributed by atoms with Crippen molar-refractivity contribution in [2.75, 3.05) is 19.6 Å². The standard InChI is InChI=1S/C15H16ClN3O/c16-12-2-4-13-11(7-12)1-3-14(18-13)15(20)19-6-5-10(8-17)9-19/h1-4,7,10H,5-6,8-9,17H2. The quantitative estimate of drug-likeness (QED) is 0.923. The highest BCUT2D eigenvalue weighted by Crippen LogP contribution is 2.21. The molecular weight excluding hydrogens is 274 g/mol. The summed E-state index contributed by atoms with van der Waals surface area (Å²) < 4.78 is 0. The summed E-state index contributed by atoms with van der Waals surface area (Å²) in [6, 6.07) is 9.11. The van der Waals surface area contributed by atoms with Gasteiger partial charge in [0, 0.05) is 23.5 Å². The van der Waals surface area contributed by atoms with E-state index in [1.165, 1.54) is 0 Å². The molecule has 1 saturated heterocycles. The third-order valence-electron chi connectivity index (χ3n) is 3.78. The number of nitrogens with zero attached hydrogens (tertiary/aromatic N) is 2. The summed E-state index contributed by atoms with van der Waals surface area (Å²) in [5.74, 6) is 0.399. The molecule has 3 rings (SSSR count). The van der Waals surface area contributed by atoms with Crippen molar-refractivity contribution in [3.63, 3.8) is 0 Å². The third-order valence-corrected chi connectivity index (χ3v) is 4.01. The van der Waals surface area contributed by atoms with Crippen LogP contribution in [0.2, 0.25) is 5.02 Å². The summed E-state index contributed by atoms with van der Waals surface area (Å²) in [6.07, 6.45) is 0.978. The average molecular weight is 290 g/mol.